The third-order valence-corrected chi connectivity index (χ3v) is 6.21. The SMILES string of the molecule is CC(=O)Nc1ccc(O)c([As](=O)(O)O)c1.O=[N+]([O-])c1cnn(-c2c(F)c(F)c(C(F)(F)F)c(F)c2F)c1. The van der Waals surface area contributed by atoms with Crippen LogP contribution in [-0.4, -0.2) is 48.1 Å². The number of carbonyl (C=O) groups excluding carboxylic acids is 1. The van der Waals surface area contributed by atoms with Crippen molar-refractivity contribution in [3.05, 3.63) is 69.5 Å². The van der Waals surface area contributed by atoms with Crippen molar-refractivity contribution in [2.24, 2.45) is 0 Å². The van der Waals surface area contributed by atoms with Gasteiger partial charge >= 0.3 is 100 Å². The van der Waals surface area contributed by atoms with Gasteiger partial charge in [0.2, 0.25) is 0 Å². The standard InChI is InChI=1S/C10H2F7N3O2.C8H10AsNO5/c11-5-4(10(15,16)17)6(12)8(14)9(7(5)13)19-2-3(1-18-19)20(21)22;1-5(11)10-6-2-3-8(12)7(4-6)9(13,14)15/h1-2H;2-4,12H,1H3,(H,10,11)(H2,13,14,15). The summed E-state index contributed by atoms with van der Waals surface area (Å²) in [4.78, 5) is 20.1. The molecule has 1 heterocycles. The Morgan fingerprint density at radius 2 is 1.65 bits per heavy atom. The molecule has 19 heteroatoms. The molecular weight excluding hydrogens is 592 g/mol. The third-order valence-electron chi connectivity index (χ3n) is 4.14. The number of hydrogen-bond donors (Lipinski definition) is 4. The number of hydrogen-bond acceptors (Lipinski definition) is 6. The van der Waals surface area contributed by atoms with E-state index in [9.17, 15) is 54.5 Å². The van der Waals surface area contributed by atoms with Crippen LogP contribution in [0.5, 0.6) is 5.75 Å². The van der Waals surface area contributed by atoms with E-state index in [4.69, 9.17) is 8.19 Å². The molecule has 0 spiro atoms. The smallest absolute Gasteiger partial charge is 0.258 e. The zero-order valence-electron chi connectivity index (χ0n) is 17.8. The van der Waals surface area contributed by atoms with Crippen molar-refractivity contribution in [2.45, 2.75) is 13.1 Å². The molecule has 11 nitrogen and oxygen atoms in total. The molecule has 0 atom stereocenters. The van der Waals surface area contributed by atoms with Crippen molar-refractivity contribution in [1.82, 2.24) is 9.78 Å². The topological polar surface area (TPSA) is 168 Å². The number of phenolic OH excluding ortho intramolecular Hbond substituents is 1. The molecule has 0 bridgehead atoms. The number of rotatable bonds is 4. The number of nitrogens with zero attached hydrogens (tertiary/aromatic N) is 3. The Balaban J connectivity index is 0.000000281. The molecule has 3 aromatic rings. The van der Waals surface area contributed by atoms with E-state index in [2.05, 4.69) is 10.4 Å². The van der Waals surface area contributed by atoms with Crippen molar-refractivity contribution in [2.75, 3.05) is 5.32 Å². The zero-order chi connectivity index (χ0) is 28.5. The van der Waals surface area contributed by atoms with Gasteiger partial charge < -0.3 is 0 Å². The fourth-order valence-electron chi connectivity index (χ4n) is 2.64. The van der Waals surface area contributed by atoms with Crippen LogP contribution in [0, 0.1) is 33.4 Å². The number of alkyl halides is 3. The minimum absolute atomic E-state index is 0.0229. The van der Waals surface area contributed by atoms with Crippen molar-refractivity contribution in [3.63, 3.8) is 0 Å². The van der Waals surface area contributed by atoms with E-state index in [-0.39, 0.29) is 16.3 Å². The number of amides is 1. The van der Waals surface area contributed by atoms with Gasteiger partial charge in [0.1, 0.15) is 23.6 Å². The van der Waals surface area contributed by atoms with E-state index in [1.165, 1.54) is 13.0 Å². The van der Waals surface area contributed by atoms with Gasteiger partial charge in [-0.15, -0.1) is 0 Å². The van der Waals surface area contributed by atoms with E-state index < -0.39 is 75.6 Å². The van der Waals surface area contributed by atoms with Crippen LogP contribution in [0.1, 0.15) is 12.5 Å². The van der Waals surface area contributed by atoms with Gasteiger partial charge in [-0.1, -0.05) is 0 Å². The first-order valence-corrected chi connectivity index (χ1v) is 12.5. The molecule has 0 fully saturated rings. The molecule has 0 saturated carbocycles. The fraction of sp³-hybridized carbons (Fsp3) is 0.111. The molecule has 3 rings (SSSR count). The largest absolute Gasteiger partial charge is 0.422 e. The van der Waals surface area contributed by atoms with Crippen LogP contribution in [-0.2, 0) is 14.7 Å². The van der Waals surface area contributed by atoms with Crippen LogP contribution in [0.2, 0.25) is 0 Å². The van der Waals surface area contributed by atoms with Gasteiger partial charge in [-0.3, -0.25) is 10.1 Å². The quantitative estimate of drug-likeness (QED) is 0.0879. The van der Waals surface area contributed by atoms with Crippen LogP contribution < -0.4 is 9.67 Å². The van der Waals surface area contributed by atoms with E-state index in [0.29, 0.717) is 12.4 Å². The predicted octanol–water partition coefficient (Wildman–Crippen LogP) is 2.27. The first-order valence-electron chi connectivity index (χ1n) is 9.15. The van der Waals surface area contributed by atoms with Crippen LogP contribution in [0.25, 0.3) is 5.69 Å². The number of phenols is 1. The summed E-state index contributed by atoms with van der Waals surface area (Å²) >= 11 is -5.15. The molecule has 0 radical (unpaired) electrons. The van der Waals surface area contributed by atoms with Crippen LogP contribution >= 0.6 is 0 Å². The van der Waals surface area contributed by atoms with Gasteiger partial charge in [0, 0.05) is 0 Å². The summed E-state index contributed by atoms with van der Waals surface area (Å²) < 4.78 is 120. The second-order valence-corrected chi connectivity index (χ2v) is 10.1. The molecule has 0 aliphatic rings. The first-order chi connectivity index (χ1) is 16.9. The number of nitrogens with one attached hydrogen (secondary N) is 1. The van der Waals surface area contributed by atoms with Crippen molar-refractivity contribution >= 4 is 35.8 Å². The second kappa shape index (κ2) is 10.6. The molecule has 0 unspecified atom stereocenters. The average Bonchev–Trinajstić information content (AvgIpc) is 3.22. The number of nitro groups is 1. The predicted molar refractivity (Wildman–Crippen MR) is 108 cm³/mol. The first kappa shape index (κ1) is 29.3. The van der Waals surface area contributed by atoms with Crippen LogP contribution in [0.4, 0.5) is 42.1 Å². The number of anilines is 1. The van der Waals surface area contributed by atoms with Crippen LogP contribution in [0.15, 0.2) is 30.6 Å². The van der Waals surface area contributed by atoms with Crippen molar-refractivity contribution in [1.29, 1.82) is 0 Å². The number of aromatic hydroxyl groups is 1. The van der Waals surface area contributed by atoms with E-state index in [1.807, 2.05) is 0 Å². The molecule has 1 aromatic heterocycles. The summed E-state index contributed by atoms with van der Waals surface area (Å²) in [5.41, 5.74) is -4.94. The molecule has 200 valence electrons. The normalized spacial score (nSPS) is 11.5. The molecule has 37 heavy (non-hydrogen) atoms. The Morgan fingerprint density at radius 3 is 2.05 bits per heavy atom. The fourth-order valence-corrected chi connectivity index (χ4v) is 4.06. The summed E-state index contributed by atoms with van der Waals surface area (Å²) in [7, 11) is 0. The molecule has 0 saturated heterocycles. The van der Waals surface area contributed by atoms with E-state index in [0.717, 1.165) is 12.1 Å². The summed E-state index contributed by atoms with van der Waals surface area (Å²) in [6.07, 6.45) is -4.80. The van der Waals surface area contributed by atoms with Gasteiger partial charge in [-0.2, -0.15) is 18.3 Å². The maximum atomic E-state index is 13.6. The summed E-state index contributed by atoms with van der Waals surface area (Å²) in [5.74, 6) is -11.0. The Hall–Kier alpha value is -3.89. The maximum absolute atomic E-state index is 13.6. The summed E-state index contributed by atoms with van der Waals surface area (Å²) in [6.45, 7) is 1.27. The molecule has 0 aliphatic carbocycles. The van der Waals surface area contributed by atoms with E-state index >= 15 is 0 Å². The Morgan fingerprint density at radius 1 is 1.11 bits per heavy atom. The minimum Gasteiger partial charge on any atom is -0.258 e. The number of halogens is 7. The average molecular weight is 604 g/mol. The van der Waals surface area contributed by atoms with E-state index in [1.54, 1.807) is 0 Å². The van der Waals surface area contributed by atoms with Gasteiger partial charge in [-0.05, 0) is 0 Å². The van der Waals surface area contributed by atoms with Gasteiger partial charge in [0.15, 0.2) is 23.3 Å². The number of benzene rings is 2. The Labute approximate surface area is 202 Å². The van der Waals surface area contributed by atoms with Crippen molar-refractivity contribution in [3.8, 4) is 11.4 Å². The Kier molecular flexibility index (Phi) is 8.42. The molecule has 0 aliphatic heterocycles. The second-order valence-electron chi connectivity index (χ2n) is 6.81. The maximum Gasteiger partial charge on any atom is 0.422 e. The number of carbonyl (C=O) groups is 1. The van der Waals surface area contributed by atoms with Crippen LogP contribution in [0.3, 0.4) is 0 Å². The molecule has 2 aromatic carbocycles. The summed E-state index contributed by atoms with van der Waals surface area (Å²) in [6, 6.07) is 3.55. The van der Waals surface area contributed by atoms with Gasteiger partial charge in [0.05, 0.1) is 4.92 Å². The summed E-state index contributed by atoms with van der Waals surface area (Å²) in [5, 5.41) is 25.1. The zero-order valence-corrected chi connectivity index (χ0v) is 19.7. The molecule has 4 N–H and O–H groups in total. The number of aromatic nitrogens is 2. The third kappa shape index (κ3) is 6.66. The van der Waals surface area contributed by atoms with Gasteiger partial charge in [0.25, 0.3) is 0 Å². The van der Waals surface area contributed by atoms with Gasteiger partial charge in [-0.25, -0.2) is 22.2 Å². The minimum atomic E-state index is -5.68. The Bertz CT molecular complexity index is 1390. The van der Waals surface area contributed by atoms with Crippen molar-refractivity contribution < 1.29 is 57.5 Å². The monoisotopic (exact) mass is 604 g/mol. The molecule has 1 amide bonds. The molecular formula is C18H12AsF7N4O7.